The van der Waals surface area contributed by atoms with E-state index in [2.05, 4.69) is 181 Å². The molecule has 0 atom stereocenters. The Morgan fingerprint density at radius 1 is 0.320 bits per heavy atom. The summed E-state index contributed by atoms with van der Waals surface area (Å²) in [6, 6.07) is 67.6. The lowest BCUT2D eigenvalue weighted by atomic mass is 9.93. The predicted octanol–water partition coefficient (Wildman–Crippen LogP) is 13.8. The van der Waals surface area contributed by atoms with E-state index >= 15 is 0 Å². The van der Waals surface area contributed by atoms with Gasteiger partial charge in [0, 0.05) is 27.7 Å². The summed E-state index contributed by atoms with van der Waals surface area (Å²) in [6.45, 7) is 0. The van der Waals surface area contributed by atoms with Gasteiger partial charge in [0.1, 0.15) is 11.2 Å². The maximum Gasteiger partial charge on any atom is 0.136 e. The molecule has 0 amide bonds. The first-order valence-corrected chi connectivity index (χ1v) is 17.1. The van der Waals surface area contributed by atoms with E-state index in [0.29, 0.717) is 0 Å². The molecule has 2 heteroatoms. The van der Waals surface area contributed by atoms with Crippen LogP contribution in [-0.2, 0) is 0 Å². The largest absolute Gasteiger partial charge is 0.456 e. The van der Waals surface area contributed by atoms with E-state index < -0.39 is 0 Å². The van der Waals surface area contributed by atoms with Gasteiger partial charge >= 0.3 is 0 Å². The molecule has 0 spiro atoms. The Labute approximate surface area is 290 Å². The van der Waals surface area contributed by atoms with Crippen LogP contribution >= 0.6 is 0 Å². The summed E-state index contributed by atoms with van der Waals surface area (Å²) >= 11 is 0. The molecular weight excluding hydrogens is 607 g/mol. The van der Waals surface area contributed by atoms with Crippen LogP contribution in [0.25, 0.3) is 76.5 Å². The van der Waals surface area contributed by atoms with E-state index in [1.807, 2.05) is 12.1 Å². The average Bonchev–Trinajstić information content (AvgIpc) is 3.55. The van der Waals surface area contributed by atoms with Crippen molar-refractivity contribution in [3.05, 3.63) is 188 Å². The molecule has 0 aliphatic heterocycles. The quantitative estimate of drug-likeness (QED) is 0.175. The average molecular weight is 638 g/mol. The SMILES string of the molecule is c1ccc(-c2ccccc2N(c2ccc(-c3cc4ccccc4c4ccccc34)cc2)c2ccc3cc4oc5ccccc5c4cc3c2)cc1. The zero-order valence-electron chi connectivity index (χ0n) is 27.3. The van der Waals surface area contributed by atoms with Crippen LogP contribution in [-0.4, -0.2) is 0 Å². The molecule has 0 fully saturated rings. The highest BCUT2D eigenvalue weighted by Gasteiger charge is 2.19. The van der Waals surface area contributed by atoms with Crippen LogP contribution in [0.2, 0.25) is 0 Å². The minimum Gasteiger partial charge on any atom is -0.456 e. The summed E-state index contributed by atoms with van der Waals surface area (Å²) in [5, 5.41) is 9.66. The molecule has 10 rings (SSSR count). The van der Waals surface area contributed by atoms with Crippen molar-refractivity contribution >= 4 is 71.3 Å². The lowest BCUT2D eigenvalue weighted by Gasteiger charge is -2.28. The van der Waals surface area contributed by atoms with Crippen LogP contribution < -0.4 is 4.90 Å². The molecule has 1 heterocycles. The molecule has 234 valence electrons. The fourth-order valence-corrected chi connectivity index (χ4v) is 7.64. The summed E-state index contributed by atoms with van der Waals surface area (Å²) in [7, 11) is 0. The first-order chi connectivity index (χ1) is 24.8. The zero-order chi connectivity index (χ0) is 33.0. The van der Waals surface area contributed by atoms with Crippen molar-refractivity contribution in [2.45, 2.75) is 0 Å². The van der Waals surface area contributed by atoms with Crippen molar-refractivity contribution in [1.82, 2.24) is 0 Å². The highest BCUT2D eigenvalue weighted by molar-refractivity contribution is 6.14. The Balaban J connectivity index is 1.16. The number of para-hydroxylation sites is 2. The highest BCUT2D eigenvalue weighted by atomic mass is 16.3. The van der Waals surface area contributed by atoms with E-state index in [-0.39, 0.29) is 0 Å². The molecule has 0 saturated heterocycles. The second-order valence-electron chi connectivity index (χ2n) is 12.9. The second kappa shape index (κ2) is 11.5. The normalized spacial score (nSPS) is 11.6. The summed E-state index contributed by atoms with van der Waals surface area (Å²) in [6.07, 6.45) is 0. The van der Waals surface area contributed by atoms with Gasteiger partial charge in [-0.15, -0.1) is 0 Å². The van der Waals surface area contributed by atoms with E-state index in [1.165, 1.54) is 49.2 Å². The lowest BCUT2D eigenvalue weighted by molar-refractivity contribution is 0.669. The van der Waals surface area contributed by atoms with Crippen molar-refractivity contribution in [3.63, 3.8) is 0 Å². The van der Waals surface area contributed by atoms with Crippen molar-refractivity contribution in [2.75, 3.05) is 4.90 Å². The van der Waals surface area contributed by atoms with E-state index in [4.69, 9.17) is 4.42 Å². The Kier molecular flexibility index (Phi) is 6.53. The molecule has 0 aliphatic carbocycles. The number of nitrogens with zero attached hydrogens (tertiary/aromatic N) is 1. The van der Waals surface area contributed by atoms with Crippen LogP contribution in [0.1, 0.15) is 0 Å². The number of hydrogen-bond donors (Lipinski definition) is 0. The monoisotopic (exact) mass is 637 g/mol. The van der Waals surface area contributed by atoms with Crippen LogP contribution in [0.3, 0.4) is 0 Å². The third-order valence-electron chi connectivity index (χ3n) is 10.0. The molecule has 0 saturated carbocycles. The maximum atomic E-state index is 6.23. The smallest absolute Gasteiger partial charge is 0.136 e. The van der Waals surface area contributed by atoms with E-state index in [1.54, 1.807) is 0 Å². The van der Waals surface area contributed by atoms with Gasteiger partial charge in [-0.1, -0.05) is 133 Å². The number of furan rings is 1. The second-order valence-corrected chi connectivity index (χ2v) is 12.9. The van der Waals surface area contributed by atoms with Crippen LogP contribution in [0.15, 0.2) is 192 Å². The first-order valence-electron chi connectivity index (χ1n) is 17.1. The van der Waals surface area contributed by atoms with Crippen LogP contribution in [0.4, 0.5) is 17.1 Å². The van der Waals surface area contributed by atoms with E-state index in [0.717, 1.165) is 44.4 Å². The maximum absolute atomic E-state index is 6.23. The van der Waals surface area contributed by atoms with Gasteiger partial charge in [0.2, 0.25) is 0 Å². The first kappa shape index (κ1) is 28.4. The Bertz CT molecular complexity index is 2870. The molecule has 9 aromatic carbocycles. The topological polar surface area (TPSA) is 16.4 Å². The van der Waals surface area contributed by atoms with Gasteiger partial charge in [0.05, 0.1) is 5.69 Å². The van der Waals surface area contributed by atoms with Crippen molar-refractivity contribution in [1.29, 1.82) is 0 Å². The standard InChI is InChI=1S/C48H31NO/c1-2-12-32(13-3-1)40-16-8-10-20-46(40)49(38-27-24-34-31-48-45(30-36(34)28-38)43-19-9-11-21-47(43)50-48)37-25-22-33(23-26-37)44-29-35-14-4-5-15-39(35)41-17-6-7-18-42(41)44/h1-31H. The zero-order valence-corrected chi connectivity index (χ0v) is 27.3. The number of hydrogen-bond acceptors (Lipinski definition) is 2. The highest BCUT2D eigenvalue weighted by Crippen LogP contribution is 2.43. The number of fused-ring (bicyclic) bond motifs is 7. The number of rotatable bonds is 5. The van der Waals surface area contributed by atoms with Crippen LogP contribution in [0, 0.1) is 0 Å². The minimum atomic E-state index is 0.912. The molecule has 2 nitrogen and oxygen atoms in total. The van der Waals surface area contributed by atoms with Gasteiger partial charge < -0.3 is 9.32 Å². The van der Waals surface area contributed by atoms with Crippen molar-refractivity contribution < 1.29 is 4.42 Å². The van der Waals surface area contributed by atoms with E-state index in [9.17, 15) is 0 Å². The summed E-state index contributed by atoms with van der Waals surface area (Å²) < 4.78 is 6.23. The molecule has 0 radical (unpaired) electrons. The molecular formula is C48H31NO. The summed E-state index contributed by atoms with van der Waals surface area (Å²) in [5.74, 6) is 0. The Hall–Kier alpha value is -6.64. The van der Waals surface area contributed by atoms with Gasteiger partial charge in [0.25, 0.3) is 0 Å². The fraction of sp³-hybridized carbons (Fsp3) is 0. The molecule has 10 aromatic rings. The summed E-state index contributed by atoms with van der Waals surface area (Å²) in [5.41, 5.74) is 9.92. The van der Waals surface area contributed by atoms with Gasteiger partial charge in [-0.3, -0.25) is 0 Å². The van der Waals surface area contributed by atoms with Gasteiger partial charge in [0.15, 0.2) is 0 Å². The molecule has 1 aromatic heterocycles. The number of benzene rings is 9. The molecule has 0 aliphatic rings. The lowest BCUT2D eigenvalue weighted by Crippen LogP contribution is -2.11. The number of anilines is 3. The van der Waals surface area contributed by atoms with Gasteiger partial charge in [-0.25, -0.2) is 0 Å². The third-order valence-corrected chi connectivity index (χ3v) is 10.0. The summed E-state index contributed by atoms with van der Waals surface area (Å²) in [4.78, 5) is 2.39. The Morgan fingerprint density at radius 2 is 0.980 bits per heavy atom. The van der Waals surface area contributed by atoms with Crippen LogP contribution in [0.5, 0.6) is 0 Å². The van der Waals surface area contributed by atoms with Gasteiger partial charge in [-0.2, -0.15) is 0 Å². The Morgan fingerprint density at radius 3 is 1.84 bits per heavy atom. The minimum absolute atomic E-state index is 0.912. The predicted molar refractivity (Wildman–Crippen MR) is 212 cm³/mol. The van der Waals surface area contributed by atoms with Gasteiger partial charge in [-0.05, 0) is 104 Å². The third kappa shape index (κ3) is 4.65. The molecule has 50 heavy (non-hydrogen) atoms. The molecule has 0 bridgehead atoms. The van der Waals surface area contributed by atoms with Crippen molar-refractivity contribution in [2.24, 2.45) is 0 Å². The molecule has 0 unspecified atom stereocenters. The fourth-order valence-electron chi connectivity index (χ4n) is 7.64. The van der Waals surface area contributed by atoms with Crippen molar-refractivity contribution in [3.8, 4) is 22.3 Å². The molecule has 0 N–H and O–H groups in total.